The molecule has 0 aliphatic carbocycles. The average molecular weight is 321 g/mol. The quantitative estimate of drug-likeness (QED) is 0.611. The highest BCUT2D eigenvalue weighted by Gasteiger charge is 2.20. The zero-order valence-corrected chi connectivity index (χ0v) is 16.0. The zero-order valence-electron chi connectivity index (χ0n) is 15.1. The summed E-state index contributed by atoms with van der Waals surface area (Å²) < 4.78 is 21.7. The Balaban J connectivity index is 4.12. The van der Waals surface area contributed by atoms with Crippen molar-refractivity contribution in [2.45, 2.75) is 68.2 Å². The fraction of sp³-hybridized carbons (Fsp3) is 1.00. The van der Waals surface area contributed by atoms with Gasteiger partial charge in [-0.1, -0.05) is 55.4 Å². The Morgan fingerprint density at radius 2 is 1.14 bits per heavy atom. The van der Waals surface area contributed by atoms with Crippen molar-refractivity contribution in [3.63, 3.8) is 0 Å². The molecule has 0 aromatic heterocycles. The van der Waals surface area contributed by atoms with Crippen LogP contribution in [0.15, 0.2) is 0 Å². The largest absolute Gasteiger partial charge is 0.756 e. The topological polar surface area (TPSA) is 58.6 Å². The Bertz CT molecular complexity index is 311. The number of rotatable bonds is 8. The van der Waals surface area contributed by atoms with Crippen molar-refractivity contribution in [1.82, 2.24) is 0 Å². The van der Waals surface area contributed by atoms with Gasteiger partial charge in [-0.2, -0.15) is 0 Å². The van der Waals surface area contributed by atoms with Crippen LogP contribution in [-0.4, -0.2) is 13.2 Å². The van der Waals surface area contributed by atoms with Gasteiger partial charge in [0.2, 0.25) is 0 Å². The number of hydrogen-bond donors (Lipinski definition) is 0. The summed E-state index contributed by atoms with van der Waals surface area (Å²) >= 11 is 0. The van der Waals surface area contributed by atoms with Crippen molar-refractivity contribution in [3.05, 3.63) is 0 Å². The van der Waals surface area contributed by atoms with Gasteiger partial charge >= 0.3 is 0 Å². The van der Waals surface area contributed by atoms with Gasteiger partial charge in [-0.25, -0.2) is 0 Å². The van der Waals surface area contributed by atoms with E-state index in [0.29, 0.717) is 0 Å². The van der Waals surface area contributed by atoms with Crippen LogP contribution in [0.5, 0.6) is 0 Å². The van der Waals surface area contributed by atoms with Crippen molar-refractivity contribution in [2.75, 3.05) is 13.2 Å². The smallest absolute Gasteiger partial charge is 0.267 e. The normalized spacial score (nSPS) is 19.1. The summed E-state index contributed by atoms with van der Waals surface area (Å²) in [6, 6.07) is 0. The summed E-state index contributed by atoms with van der Waals surface area (Å²) in [5.41, 5.74) is 0.329. The molecule has 0 aliphatic rings. The molecule has 0 spiro atoms. The second-order valence-corrected chi connectivity index (χ2v) is 10.2. The lowest BCUT2D eigenvalue weighted by Crippen LogP contribution is -2.20. The Morgan fingerprint density at radius 1 is 0.857 bits per heavy atom. The molecule has 0 N–H and O–H groups in total. The van der Waals surface area contributed by atoms with Gasteiger partial charge in [0, 0.05) is 0 Å². The first-order valence-corrected chi connectivity index (χ1v) is 9.26. The van der Waals surface area contributed by atoms with Gasteiger partial charge in [-0.05, 0) is 35.5 Å². The summed E-state index contributed by atoms with van der Waals surface area (Å²) in [6.07, 6.45) is 1.82. The lowest BCUT2D eigenvalue weighted by atomic mass is 9.86. The van der Waals surface area contributed by atoms with Crippen molar-refractivity contribution in [3.8, 4) is 0 Å². The van der Waals surface area contributed by atoms with Crippen molar-refractivity contribution in [1.29, 1.82) is 0 Å². The lowest BCUT2D eigenvalue weighted by Gasteiger charge is -2.29. The van der Waals surface area contributed by atoms with Crippen LogP contribution < -0.4 is 4.89 Å². The predicted octanol–water partition coefficient (Wildman–Crippen LogP) is 4.63. The molecule has 0 saturated carbocycles. The van der Waals surface area contributed by atoms with E-state index in [4.69, 9.17) is 9.05 Å². The van der Waals surface area contributed by atoms with Crippen LogP contribution in [0.4, 0.5) is 0 Å². The number of phosphoric acid groups is 1. The van der Waals surface area contributed by atoms with Crippen LogP contribution in [0.2, 0.25) is 0 Å². The standard InChI is InChI=1S/C16H35O4P/c1-13(9-15(3,4)5)11-19-21(17,18)20-12-14(2)10-16(6,7)8/h13-14H,9-12H2,1-8H3,(H,17,18)/p-1. The molecular weight excluding hydrogens is 287 g/mol. The first-order chi connectivity index (χ1) is 9.20. The Morgan fingerprint density at radius 3 is 1.38 bits per heavy atom. The summed E-state index contributed by atoms with van der Waals surface area (Å²) in [5, 5.41) is 0. The molecule has 4 nitrogen and oxygen atoms in total. The van der Waals surface area contributed by atoms with E-state index in [2.05, 4.69) is 41.5 Å². The van der Waals surface area contributed by atoms with Crippen molar-refractivity contribution >= 4 is 7.82 Å². The van der Waals surface area contributed by atoms with Gasteiger partial charge in [-0.3, -0.25) is 4.57 Å². The van der Waals surface area contributed by atoms with E-state index in [1.54, 1.807) is 0 Å². The molecule has 0 saturated heterocycles. The minimum Gasteiger partial charge on any atom is -0.756 e. The molecule has 2 unspecified atom stereocenters. The van der Waals surface area contributed by atoms with Gasteiger partial charge < -0.3 is 13.9 Å². The average Bonchev–Trinajstić information content (AvgIpc) is 2.19. The molecule has 0 aliphatic heterocycles. The van der Waals surface area contributed by atoms with Crippen LogP contribution in [0, 0.1) is 22.7 Å². The Kier molecular flexibility index (Phi) is 8.14. The van der Waals surface area contributed by atoms with E-state index < -0.39 is 7.82 Å². The first-order valence-electron chi connectivity index (χ1n) is 7.80. The van der Waals surface area contributed by atoms with E-state index in [-0.39, 0.29) is 35.9 Å². The summed E-state index contributed by atoms with van der Waals surface area (Å²) in [6.45, 7) is 17.1. The minimum absolute atomic E-state index is 0.164. The van der Waals surface area contributed by atoms with Gasteiger partial charge in [0.05, 0.1) is 13.2 Å². The molecule has 128 valence electrons. The zero-order chi connectivity index (χ0) is 16.9. The summed E-state index contributed by atoms with van der Waals surface area (Å²) in [7, 11) is -4.18. The number of phosphoric ester groups is 1. The fourth-order valence-corrected chi connectivity index (χ4v) is 3.63. The van der Waals surface area contributed by atoms with E-state index >= 15 is 0 Å². The molecular formula is C16H34O4P-. The van der Waals surface area contributed by atoms with Crippen LogP contribution in [0.1, 0.15) is 68.2 Å². The molecule has 0 aromatic rings. The maximum atomic E-state index is 11.8. The monoisotopic (exact) mass is 321 g/mol. The molecule has 21 heavy (non-hydrogen) atoms. The SMILES string of the molecule is CC(COP(=O)([O-])OCC(C)CC(C)(C)C)CC(C)(C)C. The summed E-state index contributed by atoms with van der Waals surface area (Å²) in [5.74, 6) is 0.366. The fourth-order valence-electron chi connectivity index (χ4n) is 2.68. The molecule has 0 amide bonds. The van der Waals surface area contributed by atoms with E-state index in [0.717, 1.165) is 12.8 Å². The molecule has 0 heterocycles. The van der Waals surface area contributed by atoms with Gasteiger partial charge in [0.25, 0.3) is 7.82 Å². The molecule has 0 fully saturated rings. The van der Waals surface area contributed by atoms with E-state index in [1.807, 2.05) is 13.8 Å². The second kappa shape index (κ2) is 8.10. The first kappa shape index (κ1) is 21.1. The summed E-state index contributed by atoms with van der Waals surface area (Å²) in [4.78, 5) is 11.8. The Labute approximate surface area is 131 Å². The van der Waals surface area contributed by atoms with Crippen molar-refractivity contribution < 1.29 is 18.5 Å². The third-order valence-corrected chi connectivity index (χ3v) is 3.89. The van der Waals surface area contributed by atoms with Crippen LogP contribution >= 0.6 is 7.82 Å². The second-order valence-electron chi connectivity index (χ2n) is 8.78. The van der Waals surface area contributed by atoms with E-state index in [9.17, 15) is 9.46 Å². The Hall–Kier alpha value is 0.110. The molecule has 5 heteroatoms. The predicted molar refractivity (Wildman–Crippen MR) is 86.0 cm³/mol. The van der Waals surface area contributed by atoms with Crippen LogP contribution in [-0.2, 0) is 13.6 Å². The van der Waals surface area contributed by atoms with Gasteiger partial charge in [0.1, 0.15) is 0 Å². The molecule has 2 atom stereocenters. The lowest BCUT2D eigenvalue weighted by molar-refractivity contribution is -0.227. The molecule has 0 aromatic carbocycles. The highest BCUT2D eigenvalue weighted by molar-refractivity contribution is 7.45. The third kappa shape index (κ3) is 13.5. The van der Waals surface area contributed by atoms with Crippen LogP contribution in [0.25, 0.3) is 0 Å². The number of hydrogen-bond acceptors (Lipinski definition) is 4. The molecule has 0 rings (SSSR count). The van der Waals surface area contributed by atoms with Crippen LogP contribution in [0.3, 0.4) is 0 Å². The third-order valence-electron chi connectivity index (χ3n) is 2.96. The molecule has 0 radical (unpaired) electrons. The van der Waals surface area contributed by atoms with E-state index in [1.165, 1.54) is 0 Å². The van der Waals surface area contributed by atoms with Crippen molar-refractivity contribution in [2.24, 2.45) is 22.7 Å². The molecule has 0 bridgehead atoms. The minimum atomic E-state index is -4.18. The highest BCUT2D eigenvalue weighted by Crippen LogP contribution is 2.40. The highest BCUT2D eigenvalue weighted by atomic mass is 31.2. The van der Waals surface area contributed by atoms with Gasteiger partial charge in [-0.15, -0.1) is 0 Å². The van der Waals surface area contributed by atoms with Gasteiger partial charge in [0.15, 0.2) is 0 Å². The maximum absolute atomic E-state index is 11.8. The maximum Gasteiger partial charge on any atom is 0.267 e.